The fraction of sp³-hybridized carbons (Fsp3) is 0.353. The van der Waals surface area contributed by atoms with Gasteiger partial charge in [0, 0.05) is 49.6 Å². The van der Waals surface area contributed by atoms with Gasteiger partial charge in [-0.3, -0.25) is 14.8 Å². The highest BCUT2D eigenvalue weighted by molar-refractivity contribution is 5.92. The van der Waals surface area contributed by atoms with Gasteiger partial charge in [0.2, 0.25) is 0 Å². The molecule has 2 atom stereocenters. The summed E-state index contributed by atoms with van der Waals surface area (Å²) in [7, 11) is 0. The summed E-state index contributed by atoms with van der Waals surface area (Å²) in [5.41, 5.74) is 2.40. The van der Waals surface area contributed by atoms with Gasteiger partial charge in [0.15, 0.2) is 0 Å². The maximum absolute atomic E-state index is 12.6. The third-order valence-corrected chi connectivity index (χ3v) is 4.16. The second-order valence-corrected chi connectivity index (χ2v) is 5.73. The Morgan fingerprint density at radius 2 is 2.14 bits per heavy atom. The van der Waals surface area contributed by atoms with Crippen LogP contribution in [-0.4, -0.2) is 45.6 Å². The molecular weight excluding hydrogens is 278 g/mol. The Bertz CT molecular complexity index is 643. The number of amides is 1. The smallest absolute Gasteiger partial charge is 0.272 e. The zero-order valence-electron chi connectivity index (χ0n) is 12.5. The topological polar surface area (TPSA) is 66.3 Å². The van der Waals surface area contributed by atoms with Gasteiger partial charge in [0.1, 0.15) is 5.69 Å². The van der Waals surface area contributed by atoms with Gasteiger partial charge in [-0.25, -0.2) is 0 Å². The summed E-state index contributed by atoms with van der Waals surface area (Å²) in [6.07, 6.45) is 3.44. The molecule has 0 unspecified atom stereocenters. The van der Waals surface area contributed by atoms with Crippen molar-refractivity contribution in [2.75, 3.05) is 19.7 Å². The van der Waals surface area contributed by atoms with Gasteiger partial charge < -0.3 is 10.0 Å². The molecule has 0 aromatic carbocycles. The molecule has 1 aliphatic heterocycles. The van der Waals surface area contributed by atoms with E-state index in [0.29, 0.717) is 18.8 Å². The van der Waals surface area contributed by atoms with Crippen molar-refractivity contribution in [1.29, 1.82) is 0 Å². The maximum Gasteiger partial charge on any atom is 0.272 e. The van der Waals surface area contributed by atoms with Crippen LogP contribution in [0.1, 0.15) is 27.7 Å². The fourth-order valence-electron chi connectivity index (χ4n) is 2.91. The zero-order chi connectivity index (χ0) is 15.5. The standard InChI is InChI=1S/C17H19N3O2/c1-12-5-6-16(19-8-12)17(22)20-9-13(11-21)14(10-20)15-4-2-3-7-18-15/h2-8,13-14,21H,9-11H2,1H3/t13-,14+/m0/s1. The first-order valence-electron chi connectivity index (χ1n) is 7.42. The van der Waals surface area contributed by atoms with Crippen LogP contribution in [0.4, 0.5) is 0 Å². The van der Waals surface area contributed by atoms with Gasteiger partial charge in [-0.15, -0.1) is 0 Å². The molecule has 114 valence electrons. The van der Waals surface area contributed by atoms with Crippen LogP contribution in [0.2, 0.25) is 0 Å². The largest absolute Gasteiger partial charge is 0.396 e. The first-order chi connectivity index (χ1) is 10.7. The second-order valence-electron chi connectivity index (χ2n) is 5.73. The molecule has 0 aliphatic carbocycles. The second kappa shape index (κ2) is 6.23. The number of hydrogen-bond acceptors (Lipinski definition) is 4. The highest BCUT2D eigenvalue weighted by Crippen LogP contribution is 2.31. The summed E-state index contributed by atoms with van der Waals surface area (Å²) in [6, 6.07) is 9.38. The number of aliphatic hydroxyl groups is 1. The molecule has 1 N–H and O–H groups in total. The Kier molecular flexibility index (Phi) is 4.15. The van der Waals surface area contributed by atoms with Gasteiger partial charge in [-0.05, 0) is 30.7 Å². The lowest BCUT2D eigenvalue weighted by atomic mass is 9.93. The number of carbonyl (C=O) groups excluding carboxylic acids is 1. The molecule has 3 rings (SSSR count). The third kappa shape index (κ3) is 2.85. The highest BCUT2D eigenvalue weighted by Gasteiger charge is 2.37. The van der Waals surface area contributed by atoms with Crippen LogP contribution in [0.25, 0.3) is 0 Å². The monoisotopic (exact) mass is 297 g/mol. The van der Waals surface area contributed by atoms with Gasteiger partial charge in [-0.1, -0.05) is 12.1 Å². The predicted molar refractivity (Wildman–Crippen MR) is 82.4 cm³/mol. The molecule has 1 fully saturated rings. The number of hydrogen-bond donors (Lipinski definition) is 1. The van der Waals surface area contributed by atoms with Crippen molar-refractivity contribution in [2.45, 2.75) is 12.8 Å². The number of rotatable bonds is 3. The van der Waals surface area contributed by atoms with Crippen molar-refractivity contribution >= 4 is 5.91 Å². The molecule has 1 saturated heterocycles. The Labute approximate surface area is 129 Å². The Morgan fingerprint density at radius 3 is 2.77 bits per heavy atom. The molecular formula is C17H19N3O2. The van der Waals surface area contributed by atoms with Crippen LogP contribution in [0, 0.1) is 12.8 Å². The van der Waals surface area contributed by atoms with Gasteiger partial charge in [0.05, 0.1) is 0 Å². The van der Waals surface area contributed by atoms with Crippen molar-refractivity contribution in [3.8, 4) is 0 Å². The average Bonchev–Trinajstić information content (AvgIpc) is 3.00. The van der Waals surface area contributed by atoms with Crippen LogP contribution in [-0.2, 0) is 0 Å². The van der Waals surface area contributed by atoms with Crippen LogP contribution in [0.3, 0.4) is 0 Å². The van der Waals surface area contributed by atoms with E-state index in [9.17, 15) is 9.90 Å². The van der Waals surface area contributed by atoms with Crippen molar-refractivity contribution in [3.05, 3.63) is 59.7 Å². The normalized spacial score (nSPS) is 21.1. The first-order valence-corrected chi connectivity index (χ1v) is 7.42. The van der Waals surface area contributed by atoms with E-state index in [4.69, 9.17) is 0 Å². The number of nitrogens with zero attached hydrogens (tertiary/aromatic N) is 3. The molecule has 5 nitrogen and oxygen atoms in total. The summed E-state index contributed by atoms with van der Waals surface area (Å²) in [5.74, 6) is 0.00165. The Balaban J connectivity index is 1.79. The molecule has 1 amide bonds. The lowest BCUT2D eigenvalue weighted by Crippen LogP contribution is -2.30. The number of carbonyl (C=O) groups is 1. The molecule has 0 bridgehead atoms. The molecule has 2 aromatic heterocycles. The van der Waals surface area contributed by atoms with Crippen LogP contribution in [0.5, 0.6) is 0 Å². The number of aryl methyl sites for hydroxylation is 1. The fourth-order valence-corrected chi connectivity index (χ4v) is 2.91. The minimum absolute atomic E-state index is 0.0179. The molecule has 22 heavy (non-hydrogen) atoms. The van der Waals surface area contributed by atoms with Crippen LogP contribution in [0.15, 0.2) is 42.7 Å². The summed E-state index contributed by atoms with van der Waals surface area (Å²) in [5, 5.41) is 9.62. The van der Waals surface area contributed by atoms with E-state index in [1.807, 2.05) is 31.2 Å². The van der Waals surface area contributed by atoms with Gasteiger partial charge in [-0.2, -0.15) is 0 Å². The minimum Gasteiger partial charge on any atom is -0.396 e. The molecule has 0 spiro atoms. The zero-order valence-corrected chi connectivity index (χ0v) is 12.5. The van der Waals surface area contributed by atoms with Gasteiger partial charge in [0.25, 0.3) is 5.91 Å². The third-order valence-electron chi connectivity index (χ3n) is 4.16. The van der Waals surface area contributed by atoms with E-state index in [0.717, 1.165) is 11.3 Å². The van der Waals surface area contributed by atoms with E-state index in [-0.39, 0.29) is 24.3 Å². The maximum atomic E-state index is 12.6. The summed E-state index contributed by atoms with van der Waals surface area (Å²) in [6.45, 7) is 3.09. The van der Waals surface area contributed by atoms with Gasteiger partial charge >= 0.3 is 0 Å². The minimum atomic E-state index is -0.0862. The molecule has 5 heteroatoms. The number of likely N-dealkylation sites (tertiary alicyclic amines) is 1. The van der Waals surface area contributed by atoms with E-state index < -0.39 is 0 Å². The number of aromatic nitrogens is 2. The summed E-state index contributed by atoms with van der Waals surface area (Å²) < 4.78 is 0. The number of pyridine rings is 2. The average molecular weight is 297 g/mol. The quantitative estimate of drug-likeness (QED) is 0.935. The lowest BCUT2D eigenvalue weighted by molar-refractivity contribution is 0.0775. The first kappa shape index (κ1) is 14.7. The molecule has 1 aliphatic rings. The lowest BCUT2D eigenvalue weighted by Gasteiger charge is -2.15. The van der Waals surface area contributed by atoms with E-state index in [2.05, 4.69) is 9.97 Å². The summed E-state index contributed by atoms with van der Waals surface area (Å²) >= 11 is 0. The molecule has 2 aromatic rings. The molecule has 0 radical (unpaired) electrons. The van der Waals surface area contributed by atoms with E-state index in [1.165, 1.54) is 0 Å². The number of aliphatic hydroxyl groups excluding tert-OH is 1. The summed E-state index contributed by atoms with van der Waals surface area (Å²) in [4.78, 5) is 22.9. The van der Waals surface area contributed by atoms with Crippen molar-refractivity contribution in [3.63, 3.8) is 0 Å². The van der Waals surface area contributed by atoms with E-state index in [1.54, 1.807) is 23.4 Å². The SMILES string of the molecule is Cc1ccc(C(=O)N2C[C@@H](CO)[C@H](c3ccccn3)C2)nc1. The highest BCUT2D eigenvalue weighted by atomic mass is 16.3. The van der Waals surface area contributed by atoms with Crippen LogP contribution >= 0.6 is 0 Å². The molecule has 0 saturated carbocycles. The van der Waals surface area contributed by atoms with Crippen molar-refractivity contribution in [1.82, 2.24) is 14.9 Å². The Morgan fingerprint density at radius 1 is 1.27 bits per heavy atom. The molecule has 3 heterocycles. The Hall–Kier alpha value is -2.27. The predicted octanol–water partition coefficient (Wildman–Crippen LogP) is 1.63. The van der Waals surface area contributed by atoms with E-state index >= 15 is 0 Å². The van der Waals surface area contributed by atoms with Crippen molar-refractivity contribution < 1.29 is 9.90 Å². The van der Waals surface area contributed by atoms with Crippen molar-refractivity contribution in [2.24, 2.45) is 5.92 Å². The van der Waals surface area contributed by atoms with Crippen LogP contribution < -0.4 is 0 Å².